The maximum Gasteiger partial charge on any atom is 0.314 e. The largest absolute Gasteiger partial charge is 0.466 e. The number of aromatic nitrogens is 3. The van der Waals surface area contributed by atoms with Crippen LogP contribution < -0.4 is 4.90 Å². The fourth-order valence-electron chi connectivity index (χ4n) is 4.09. The smallest absolute Gasteiger partial charge is 0.314 e. The van der Waals surface area contributed by atoms with Crippen molar-refractivity contribution in [2.45, 2.75) is 51.7 Å². The molecule has 0 radical (unpaired) electrons. The quantitative estimate of drug-likeness (QED) is 0.571. The van der Waals surface area contributed by atoms with E-state index in [0.717, 1.165) is 49.7 Å². The average Bonchev–Trinajstić information content (AvgIpc) is 3.51. The Kier molecular flexibility index (Phi) is 5.92. The van der Waals surface area contributed by atoms with Crippen LogP contribution in [0.25, 0.3) is 0 Å². The van der Waals surface area contributed by atoms with Gasteiger partial charge in [0.05, 0.1) is 26.2 Å². The van der Waals surface area contributed by atoms with E-state index in [1.54, 1.807) is 0 Å². The van der Waals surface area contributed by atoms with Crippen LogP contribution in [0.1, 0.15) is 49.9 Å². The van der Waals surface area contributed by atoms with Crippen molar-refractivity contribution in [3.8, 4) is 0 Å². The molecule has 1 aliphatic heterocycles. The molecule has 150 valence electrons. The van der Waals surface area contributed by atoms with E-state index >= 15 is 0 Å². The number of likely N-dealkylation sites (tertiary alicyclic amines) is 1. The second kappa shape index (κ2) is 8.57. The molecule has 1 aromatic carbocycles. The number of esters is 1. The van der Waals surface area contributed by atoms with Crippen LogP contribution in [0.2, 0.25) is 0 Å². The Morgan fingerprint density at radius 2 is 2.07 bits per heavy atom. The van der Waals surface area contributed by atoms with Crippen molar-refractivity contribution in [3.05, 3.63) is 46.5 Å². The van der Waals surface area contributed by atoms with E-state index < -0.39 is 0 Å². The molecule has 2 aromatic rings. The van der Waals surface area contributed by atoms with E-state index in [1.807, 2.05) is 17.7 Å². The van der Waals surface area contributed by atoms with E-state index in [4.69, 9.17) is 22.1 Å². The highest BCUT2D eigenvalue weighted by atomic mass is 32.1. The van der Waals surface area contributed by atoms with Gasteiger partial charge in [0.25, 0.3) is 0 Å². The highest BCUT2D eigenvalue weighted by molar-refractivity contribution is 7.71. The van der Waals surface area contributed by atoms with Gasteiger partial charge in [-0.2, -0.15) is 9.78 Å². The molecule has 4 rings (SSSR count). The second-order valence-corrected chi connectivity index (χ2v) is 8.30. The average molecular weight is 402 g/mol. The standard InChI is InChI=1S/C21H28N4O2S/c1-2-27-20(26)18-9-6-12-23(14-18)15-25-21(28)24(19(22-25)17-10-11-17)13-16-7-4-3-5-8-16/h3-5,7-8,17-18H,2,6,9-15H2,1H3/p+1/t18-/m1/s1. The van der Waals surface area contributed by atoms with Gasteiger partial charge in [-0.05, 0) is 50.4 Å². The number of benzene rings is 1. The van der Waals surface area contributed by atoms with Gasteiger partial charge in [-0.25, -0.2) is 0 Å². The zero-order chi connectivity index (χ0) is 19.5. The van der Waals surface area contributed by atoms with Crippen LogP contribution in [0.15, 0.2) is 30.3 Å². The number of rotatable bonds is 7. The molecule has 0 bridgehead atoms. The molecule has 28 heavy (non-hydrogen) atoms. The highest BCUT2D eigenvalue weighted by Gasteiger charge is 2.33. The minimum absolute atomic E-state index is 0.00724. The molecule has 2 aliphatic rings. The van der Waals surface area contributed by atoms with Crippen molar-refractivity contribution in [3.63, 3.8) is 0 Å². The Hall–Kier alpha value is -1.99. The SMILES string of the molecule is CCOC(=O)[C@@H]1CCC[NH+](Cn2nc(C3CC3)n(Cc3ccccc3)c2=S)C1. The summed E-state index contributed by atoms with van der Waals surface area (Å²) in [5.41, 5.74) is 1.24. The molecular weight excluding hydrogens is 372 g/mol. The third-order valence-electron chi connectivity index (χ3n) is 5.69. The van der Waals surface area contributed by atoms with Gasteiger partial charge < -0.3 is 9.64 Å². The summed E-state index contributed by atoms with van der Waals surface area (Å²) in [6.45, 7) is 5.64. The third-order valence-corrected chi connectivity index (χ3v) is 6.12. The molecule has 6 nitrogen and oxygen atoms in total. The minimum atomic E-state index is -0.0587. The van der Waals surface area contributed by atoms with Crippen LogP contribution >= 0.6 is 12.2 Å². The Bertz CT molecular complexity index is 872. The molecule has 7 heteroatoms. The van der Waals surface area contributed by atoms with E-state index in [2.05, 4.69) is 28.8 Å². The van der Waals surface area contributed by atoms with Crippen molar-refractivity contribution in [2.75, 3.05) is 19.7 Å². The van der Waals surface area contributed by atoms with Gasteiger partial charge in [0.1, 0.15) is 11.7 Å². The summed E-state index contributed by atoms with van der Waals surface area (Å²) in [6.07, 6.45) is 4.35. The summed E-state index contributed by atoms with van der Waals surface area (Å²) >= 11 is 5.81. The molecule has 1 unspecified atom stereocenters. The predicted molar refractivity (Wildman–Crippen MR) is 109 cm³/mol. The van der Waals surface area contributed by atoms with Crippen molar-refractivity contribution in [1.29, 1.82) is 0 Å². The van der Waals surface area contributed by atoms with Crippen LogP contribution in [-0.2, 0) is 22.7 Å². The van der Waals surface area contributed by atoms with Crippen molar-refractivity contribution in [2.24, 2.45) is 5.92 Å². The van der Waals surface area contributed by atoms with Gasteiger partial charge in [-0.15, -0.1) is 0 Å². The fraction of sp³-hybridized carbons (Fsp3) is 0.571. The first-order chi connectivity index (χ1) is 13.7. The predicted octanol–water partition coefficient (Wildman–Crippen LogP) is 2.16. The number of carbonyl (C=O) groups is 1. The minimum Gasteiger partial charge on any atom is -0.466 e. The number of nitrogens with one attached hydrogen (secondary N) is 1. The zero-order valence-electron chi connectivity index (χ0n) is 16.5. The van der Waals surface area contributed by atoms with E-state index in [-0.39, 0.29) is 11.9 Å². The van der Waals surface area contributed by atoms with Crippen molar-refractivity contribution in [1.82, 2.24) is 14.3 Å². The Morgan fingerprint density at radius 1 is 1.29 bits per heavy atom. The fourth-order valence-corrected chi connectivity index (χ4v) is 4.35. The summed E-state index contributed by atoms with van der Waals surface area (Å²) in [6, 6.07) is 10.4. The first-order valence-corrected chi connectivity index (χ1v) is 10.8. The number of quaternary nitrogens is 1. The molecule has 1 aliphatic carbocycles. The number of ether oxygens (including phenoxy) is 1. The van der Waals surface area contributed by atoms with Gasteiger partial charge in [-0.3, -0.25) is 9.36 Å². The molecule has 2 heterocycles. The Labute approximate surface area is 171 Å². The van der Waals surface area contributed by atoms with E-state index in [0.29, 0.717) is 12.5 Å². The molecule has 1 saturated heterocycles. The molecule has 2 fully saturated rings. The first-order valence-electron chi connectivity index (χ1n) is 10.4. The maximum absolute atomic E-state index is 12.1. The van der Waals surface area contributed by atoms with Crippen LogP contribution in [-0.4, -0.2) is 40.0 Å². The maximum atomic E-state index is 12.1. The van der Waals surface area contributed by atoms with Gasteiger partial charge in [0, 0.05) is 5.92 Å². The normalized spacial score (nSPS) is 22.2. The van der Waals surface area contributed by atoms with Crippen LogP contribution in [0.4, 0.5) is 0 Å². The molecule has 0 spiro atoms. The molecule has 1 N–H and O–H groups in total. The van der Waals surface area contributed by atoms with Crippen LogP contribution in [0.5, 0.6) is 0 Å². The van der Waals surface area contributed by atoms with Crippen molar-refractivity contribution >= 4 is 18.2 Å². The van der Waals surface area contributed by atoms with Crippen molar-refractivity contribution < 1.29 is 14.4 Å². The molecule has 1 saturated carbocycles. The molecule has 2 atom stereocenters. The van der Waals surface area contributed by atoms with Gasteiger partial charge in [-0.1, -0.05) is 30.3 Å². The number of piperidine rings is 1. The number of nitrogens with zero attached hydrogens (tertiary/aromatic N) is 3. The lowest BCUT2D eigenvalue weighted by Crippen LogP contribution is -3.13. The zero-order valence-corrected chi connectivity index (χ0v) is 17.3. The summed E-state index contributed by atoms with van der Waals surface area (Å²) in [5, 5.41) is 4.91. The monoisotopic (exact) mass is 401 g/mol. The summed E-state index contributed by atoms with van der Waals surface area (Å²) in [4.78, 5) is 13.5. The number of carbonyl (C=O) groups excluding carboxylic acids is 1. The summed E-state index contributed by atoms with van der Waals surface area (Å²) in [7, 11) is 0. The van der Waals surface area contributed by atoms with E-state index in [1.165, 1.54) is 23.3 Å². The van der Waals surface area contributed by atoms with Crippen LogP contribution in [0, 0.1) is 10.7 Å². The topological polar surface area (TPSA) is 53.5 Å². The van der Waals surface area contributed by atoms with E-state index in [9.17, 15) is 4.79 Å². The lowest BCUT2D eigenvalue weighted by molar-refractivity contribution is -0.930. The highest BCUT2D eigenvalue weighted by Crippen LogP contribution is 2.39. The third kappa shape index (κ3) is 4.36. The van der Waals surface area contributed by atoms with Crippen LogP contribution in [0.3, 0.4) is 0 Å². The first kappa shape index (κ1) is 19.3. The Morgan fingerprint density at radius 3 is 2.79 bits per heavy atom. The summed E-state index contributed by atoms with van der Waals surface area (Å²) in [5.74, 6) is 1.59. The lowest BCUT2D eigenvalue weighted by atomic mass is 9.99. The van der Waals surface area contributed by atoms with Gasteiger partial charge >= 0.3 is 5.97 Å². The molecule has 1 aromatic heterocycles. The number of hydrogen-bond acceptors (Lipinski definition) is 4. The molecular formula is C21H29N4O2S+. The molecule has 0 amide bonds. The van der Waals surface area contributed by atoms with Gasteiger partial charge in [0.15, 0.2) is 6.67 Å². The van der Waals surface area contributed by atoms with Gasteiger partial charge in [0.2, 0.25) is 4.77 Å². The second-order valence-electron chi connectivity index (χ2n) is 7.94. The Balaban J connectivity index is 1.51. The number of hydrogen-bond donors (Lipinski definition) is 1. The summed E-state index contributed by atoms with van der Waals surface area (Å²) < 4.78 is 10.2. The lowest BCUT2D eigenvalue weighted by Gasteiger charge is -2.28.